The van der Waals surface area contributed by atoms with Gasteiger partial charge in [0.15, 0.2) is 23.3 Å². The second-order valence-electron chi connectivity index (χ2n) is 8.89. The summed E-state index contributed by atoms with van der Waals surface area (Å²) in [7, 11) is 0. The monoisotopic (exact) mass is 561 g/mol. The Kier molecular flexibility index (Phi) is 6.77. The minimum absolute atomic E-state index is 0.108. The van der Waals surface area contributed by atoms with Crippen LogP contribution in [0.3, 0.4) is 0 Å². The number of rotatable bonds is 5. The Morgan fingerprint density at radius 2 is 1.73 bits per heavy atom. The van der Waals surface area contributed by atoms with Crippen molar-refractivity contribution in [1.29, 1.82) is 0 Å². The average molecular weight is 561 g/mol. The van der Waals surface area contributed by atoms with Gasteiger partial charge in [-0.15, -0.1) is 0 Å². The van der Waals surface area contributed by atoms with E-state index >= 15 is 0 Å². The number of nitrogens with one attached hydrogen (secondary N) is 1. The summed E-state index contributed by atoms with van der Waals surface area (Å²) in [6.07, 6.45) is -2.83. The molecule has 1 aromatic carbocycles. The fraction of sp³-hybridized carbons (Fsp3) is 0.192. The maximum absolute atomic E-state index is 14.8. The predicted octanol–water partition coefficient (Wildman–Crippen LogP) is 4.36. The Hall–Kier alpha value is -4.75. The van der Waals surface area contributed by atoms with Crippen molar-refractivity contribution in [1.82, 2.24) is 19.9 Å². The van der Waals surface area contributed by atoms with Crippen molar-refractivity contribution in [3.05, 3.63) is 93.7 Å². The van der Waals surface area contributed by atoms with Gasteiger partial charge in [0.05, 0.1) is 11.6 Å². The van der Waals surface area contributed by atoms with Crippen molar-refractivity contribution in [3.8, 4) is 5.82 Å². The Morgan fingerprint density at radius 1 is 1.00 bits per heavy atom. The van der Waals surface area contributed by atoms with E-state index in [9.17, 15) is 40.7 Å². The van der Waals surface area contributed by atoms with Gasteiger partial charge >= 0.3 is 6.18 Å². The fourth-order valence-electron chi connectivity index (χ4n) is 4.36. The number of carbonyl (C=O) groups is 2. The van der Waals surface area contributed by atoms with E-state index in [0.717, 1.165) is 35.0 Å². The molecule has 1 saturated heterocycles. The molecule has 206 valence electrons. The van der Waals surface area contributed by atoms with Gasteiger partial charge in [0.25, 0.3) is 5.91 Å². The number of nitrogens with zero attached hydrogens (tertiary/aromatic N) is 4. The van der Waals surface area contributed by atoms with Gasteiger partial charge in [-0.2, -0.15) is 13.2 Å². The molecular formula is C26H17F6N5O3. The van der Waals surface area contributed by atoms with Crippen molar-refractivity contribution >= 4 is 28.7 Å². The van der Waals surface area contributed by atoms with Crippen molar-refractivity contribution < 1.29 is 35.9 Å². The Balaban J connectivity index is 1.67. The lowest BCUT2D eigenvalue weighted by molar-refractivity contribution is -0.155. The molecule has 0 aliphatic carbocycles. The second-order valence-corrected chi connectivity index (χ2v) is 8.89. The van der Waals surface area contributed by atoms with Gasteiger partial charge in [-0.05, 0) is 36.2 Å². The zero-order chi connectivity index (χ0) is 28.8. The number of amides is 2. The molecule has 0 spiro atoms. The lowest BCUT2D eigenvalue weighted by Gasteiger charge is -2.22. The summed E-state index contributed by atoms with van der Waals surface area (Å²) in [5.41, 5.74) is -2.65. The maximum atomic E-state index is 14.8. The van der Waals surface area contributed by atoms with Crippen LogP contribution < -0.4 is 15.6 Å². The number of hydrogen-bond donors (Lipinski definition) is 1. The number of carbonyl (C=O) groups excluding carboxylic acids is 2. The van der Waals surface area contributed by atoms with Crippen LogP contribution in [0.15, 0.2) is 59.7 Å². The molecule has 0 saturated carbocycles. The molecule has 40 heavy (non-hydrogen) atoms. The van der Waals surface area contributed by atoms with Crippen LogP contribution in [0.4, 0.5) is 32.2 Å². The van der Waals surface area contributed by atoms with Gasteiger partial charge in [-0.3, -0.25) is 23.9 Å². The van der Waals surface area contributed by atoms with Crippen LogP contribution >= 0.6 is 0 Å². The molecule has 1 unspecified atom stereocenters. The van der Waals surface area contributed by atoms with Crippen LogP contribution in [0.1, 0.15) is 34.8 Å². The highest BCUT2D eigenvalue weighted by Crippen LogP contribution is 2.33. The first-order valence-electron chi connectivity index (χ1n) is 11.8. The zero-order valence-electron chi connectivity index (χ0n) is 20.2. The number of benzene rings is 1. The van der Waals surface area contributed by atoms with E-state index in [4.69, 9.17) is 0 Å². The van der Waals surface area contributed by atoms with Crippen LogP contribution in [0.25, 0.3) is 16.9 Å². The van der Waals surface area contributed by atoms with E-state index in [1.165, 1.54) is 17.0 Å². The third-order valence-electron chi connectivity index (χ3n) is 6.25. The first-order chi connectivity index (χ1) is 18.9. The van der Waals surface area contributed by atoms with Crippen LogP contribution in [-0.4, -0.2) is 39.1 Å². The minimum Gasteiger partial charge on any atom is -0.337 e. The average Bonchev–Trinajstić information content (AvgIpc) is 3.33. The highest BCUT2D eigenvalue weighted by molar-refractivity contribution is 5.98. The van der Waals surface area contributed by atoms with Gasteiger partial charge in [0.2, 0.25) is 11.3 Å². The van der Waals surface area contributed by atoms with Crippen LogP contribution in [0.2, 0.25) is 0 Å². The van der Waals surface area contributed by atoms with Gasteiger partial charge in [0.1, 0.15) is 23.0 Å². The van der Waals surface area contributed by atoms with Gasteiger partial charge in [-0.1, -0.05) is 12.1 Å². The maximum Gasteiger partial charge on any atom is 0.412 e. The van der Waals surface area contributed by atoms with Crippen molar-refractivity contribution in [3.63, 3.8) is 0 Å². The summed E-state index contributed by atoms with van der Waals surface area (Å²) in [5, 5.41) is 1.43. The standard InChI is InChI=1S/C26H17F6N5O3/c27-14-5-3-13(4-6-14)22(26(30,31)32)35-25(40)17-12-37(24-18(29)10-15(28)11-33-24)23-16(21(17)39)7-8-19(34-23)36-9-1-2-20(36)38/h3-8,10-12,22H,1-2,9H2,(H,35,40). The molecule has 8 nitrogen and oxygen atoms in total. The molecule has 1 atom stereocenters. The molecule has 1 N–H and O–H groups in total. The van der Waals surface area contributed by atoms with Gasteiger partial charge in [0, 0.05) is 25.2 Å². The molecule has 0 radical (unpaired) electrons. The number of hydrogen-bond acceptors (Lipinski definition) is 5. The summed E-state index contributed by atoms with van der Waals surface area (Å²) in [6.45, 7) is 0.327. The van der Waals surface area contributed by atoms with E-state index in [1.54, 1.807) is 5.32 Å². The highest BCUT2D eigenvalue weighted by atomic mass is 19.4. The van der Waals surface area contributed by atoms with E-state index < -0.39 is 58.0 Å². The smallest absolute Gasteiger partial charge is 0.337 e. The van der Waals surface area contributed by atoms with Crippen molar-refractivity contribution in [2.45, 2.75) is 25.1 Å². The Labute approximate surface area is 220 Å². The number of anilines is 1. The van der Waals surface area contributed by atoms with E-state index in [2.05, 4.69) is 9.97 Å². The second kappa shape index (κ2) is 10.1. The number of pyridine rings is 3. The molecular weight excluding hydrogens is 544 g/mol. The molecule has 2 amide bonds. The summed E-state index contributed by atoms with van der Waals surface area (Å²) < 4.78 is 84.1. The van der Waals surface area contributed by atoms with Gasteiger partial charge < -0.3 is 5.32 Å². The van der Waals surface area contributed by atoms with Crippen molar-refractivity contribution in [2.24, 2.45) is 0 Å². The van der Waals surface area contributed by atoms with Crippen LogP contribution in [0.5, 0.6) is 0 Å². The normalized spacial score (nSPS) is 14.6. The summed E-state index contributed by atoms with van der Waals surface area (Å²) >= 11 is 0. The van der Waals surface area contributed by atoms with E-state index in [1.807, 2.05) is 0 Å². The fourth-order valence-corrected chi connectivity index (χ4v) is 4.36. The molecule has 4 heterocycles. The highest BCUT2D eigenvalue weighted by Gasteiger charge is 2.42. The molecule has 1 aliphatic rings. The molecule has 0 bridgehead atoms. The summed E-state index contributed by atoms with van der Waals surface area (Å²) in [5.74, 6) is -5.28. The van der Waals surface area contributed by atoms with Crippen molar-refractivity contribution in [2.75, 3.05) is 11.4 Å². The quantitative estimate of drug-likeness (QED) is 0.366. The first kappa shape index (κ1) is 26.8. The molecule has 1 fully saturated rings. The lowest BCUT2D eigenvalue weighted by atomic mass is 10.1. The van der Waals surface area contributed by atoms with Gasteiger partial charge in [-0.25, -0.2) is 23.1 Å². The number of fused-ring (bicyclic) bond motifs is 1. The molecule has 14 heteroatoms. The topological polar surface area (TPSA) is 97.2 Å². The zero-order valence-corrected chi connectivity index (χ0v) is 20.2. The third kappa shape index (κ3) is 4.99. The number of alkyl halides is 3. The molecule has 5 rings (SSSR count). The summed E-state index contributed by atoms with van der Waals surface area (Å²) in [4.78, 5) is 47.9. The molecule has 1 aliphatic heterocycles. The third-order valence-corrected chi connectivity index (χ3v) is 6.25. The summed E-state index contributed by atoms with van der Waals surface area (Å²) in [6, 6.07) is 3.58. The predicted molar refractivity (Wildman–Crippen MR) is 129 cm³/mol. The van der Waals surface area contributed by atoms with E-state index in [0.29, 0.717) is 25.2 Å². The minimum atomic E-state index is -5.04. The molecule has 4 aromatic rings. The SMILES string of the molecule is O=C(NC(c1ccc(F)cc1)C(F)(F)F)c1cn(-c2ncc(F)cc2F)c2nc(N3CCCC3=O)ccc2c1=O. The van der Waals surface area contributed by atoms with Crippen LogP contribution in [-0.2, 0) is 4.79 Å². The lowest BCUT2D eigenvalue weighted by Crippen LogP contribution is -2.40. The number of halogens is 6. The largest absolute Gasteiger partial charge is 0.412 e. The number of aromatic nitrogens is 3. The Bertz CT molecular complexity index is 1700. The first-order valence-corrected chi connectivity index (χ1v) is 11.8. The van der Waals surface area contributed by atoms with E-state index in [-0.39, 0.29) is 29.2 Å². The Morgan fingerprint density at radius 3 is 2.35 bits per heavy atom. The van der Waals surface area contributed by atoms with Crippen LogP contribution in [0, 0.1) is 17.5 Å². The molecule has 3 aromatic heterocycles.